The number of rotatable bonds is 3. The summed E-state index contributed by atoms with van der Waals surface area (Å²) < 4.78 is 5.31. The fourth-order valence-electron chi connectivity index (χ4n) is 2.83. The molecule has 0 N–H and O–H groups in total. The first kappa shape index (κ1) is 13.7. The Labute approximate surface area is 130 Å². The van der Waals surface area contributed by atoms with Crippen LogP contribution in [-0.2, 0) is 0 Å². The Kier molecular flexibility index (Phi) is 3.54. The topological polar surface area (TPSA) is 58.3 Å². The standard InChI is InChI=1S/C16H21N5O/c1-20-7-2-8-21(10-9-20)14-6-5-13(11-17-14)15-18-16(22-19-15)12-3-4-12/h5-6,11-12H,2-4,7-10H2,1H3. The molecule has 6 heteroatoms. The first-order valence-electron chi connectivity index (χ1n) is 8.03. The summed E-state index contributed by atoms with van der Waals surface area (Å²) in [5.41, 5.74) is 0.923. The highest BCUT2D eigenvalue weighted by atomic mass is 16.5. The van der Waals surface area contributed by atoms with Crippen LogP contribution in [0.3, 0.4) is 0 Å². The van der Waals surface area contributed by atoms with Gasteiger partial charge in [-0.25, -0.2) is 4.98 Å². The molecule has 0 unspecified atom stereocenters. The lowest BCUT2D eigenvalue weighted by atomic mass is 10.2. The van der Waals surface area contributed by atoms with Crippen LogP contribution in [-0.4, -0.2) is 53.3 Å². The molecule has 0 amide bonds. The first-order valence-corrected chi connectivity index (χ1v) is 8.03. The van der Waals surface area contributed by atoms with Crippen LogP contribution in [0.1, 0.15) is 31.1 Å². The van der Waals surface area contributed by atoms with Crippen molar-refractivity contribution < 1.29 is 4.52 Å². The fourth-order valence-corrected chi connectivity index (χ4v) is 2.83. The lowest BCUT2D eigenvalue weighted by Crippen LogP contribution is -2.29. The normalized spacial score (nSPS) is 20.1. The Balaban J connectivity index is 1.49. The summed E-state index contributed by atoms with van der Waals surface area (Å²) in [4.78, 5) is 13.8. The van der Waals surface area contributed by atoms with Gasteiger partial charge < -0.3 is 14.3 Å². The second-order valence-electron chi connectivity index (χ2n) is 6.28. The van der Waals surface area contributed by atoms with E-state index in [2.05, 4.69) is 38.0 Å². The Hall–Kier alpha value is -1.95. The third-order valence-electron chi connectivity index (χ3n) is 4.42. The van der Waals surface area contributed by atoms with Crippen molar-refractivity contribution in [3.8, 4) is 11.4 Å². The van der Waals surface area contributed by atoms with Crippen molar-refractivity contribution in [2.24, 2.45) is 0 Å². The molecule has 6 nitrogen and oxygen atoms in total. The SMILES string of the molecule is CN1CCCN(c2ccc(-c3noc(C4CC4)n3)cn2)CC1. The maximum atomic E-state index is 5.31. The molecule has 1 saturated heterocycles. The Morgan fingerprint density at radius 1 is 1.14 bits per heavy atom. The van der Waals surface area contributed by atoms with E-state index in [1.807, 2.05) is 12.3 Å². The van der Waals surface area contributed by atoms with Crippen LogP contribution in [0.4, 0.5) is 5.82 Å². The van der Waals surface area contributed by atoms with Crippen LogP contribution in [0, 0.1) is 0 Å². The highest BCUT2D eigenvalue weighted by molar-refractivity contribution is 5.56. The average molecular weight is 299 g/mol. The molecule has 2 aromatic rings. The van der Waals surface area contributed by atoms with Gasteiger partial charge in [0.15, 0.2) is 0 Å². The largest absolute Gasteiger partial charge is 0.355 e. The van der Waals surface area contributed by atoms with Gasteiger partial charge in [0.25, 0.3) is 0 Å². The highest BCUT2D eigenvalue weighted by Gasteiger charge is 2.29. The van der Waals surface area contributed by atoms with Gasteiger partial charge in [-0.15, -0.1) is 0 Å². The van der Waals surface area contributed by atoms with Crippen LogP contribution in [0.25, 0.3) is 11.4 Å². The minimum atomic E-state index is 0.488. The molecule has 0 atom stereocenters. The monoisotopic (exact) mass is 299 g/mol. The van der Waals surface area contributed by atoms with Gasteiger partial charge in [-0.1, -0.05) is 5.16 Å². The smallest absolute Gasteiger partial charge is 0.230 e. The Bertz CT molecular complexity index is 634. The van der Waals surface area contributed by atoms with Gasteiger partial charge in [0.2, 0.25) is 11.7 Å². The molecular weight excluding hydrogens is 278 g/mol. The molecule has 0 spiro atoms. The molecule has 2 aliphatic rings. The zero-order valence-electron chi connectivity index (χ0n) is 12.9. The van der Waals surface area contributed by atoms with E-state index in [1.165, 1.54) is 19.3 Å². The van der Waals surface area contributed by atoms with Crippen molar-refractivity contribution in [1.82, 2.24) is 20.0 Å². The molecule has 1 aliphatic carbocycles. The van der Waals surface area contributed by atoms with Crippen molar-refractivity contribution >= 4 is 5.82 Å². The molecule has 22 heavy (non-hydrogen) atoms. The number of aromatic nitrogens is 3. The van der Waals surface area contributed by atoms with E-state index in [0.717, 1.165) is 43.5 Å². The number of pyridine rings is 1. The summed E-state index contributed by atoms with van der Waals surface area (Å²) in [5, 5.41) is 4.07. The molecule has 1 aliphatic heterocycles. The summed E-state index contributed by atoms with van der Waals surface area (Å²) in [6, 6.07) is 4.10. The molecule has 2 fully saturated rings. The van der Waals surface area contributed by atoms with Crippen LogP contribution >= 0.6 is 0 Å². The summed E-state index contributed by atoms with van der Waals surface area (Å²) in [7, 11) is 2.17. The molecule has 116 valence electrons. The van der Waals surface area contributed by atoms with Gasteiger partial charge in [-0.3, -0.25) is 0 Å². The summed E-state index contributed by atoms with van der Waals surface area (Å²) >= 11 is 0. The lowest BCUT2D eigenvalue weighted by molar-refractivity contribution is 0.360. The predicted octanol–water partition coefficient (Wildman–Crippen LogP) is 2.15. The maximum absolute atomic E-state index is 5.31. The van der Waals surface area contributed by atoms with Crippen molar-refractivity contribution in [3.63, 3.8) is 0 Å². The molecule has 0 radical (unpaired) electrons. The summed E-state index contributed by atoms with van der Waals surface area (Å²) in [6.07, 6.45) is 5.37. The van der Waals surface area contributed by atoms with Gasteiger partial charge in [-0.05, 0) is 45.0 Å². The fraction of sp³-hybridized carbons (Fsp3) is 0.562. The molecule has 2 aromatic heterocycles. The van der Waals surface area contributed by atoms with Crippen LogP contribution in [0.5, 0.6) is 0 Å². The molecule has 0 bridgehead atoms. The summed E-state index contributed by atoms with van der Waals surface area (Å²) in [5.74, 6) is 2.94. The van der Waals surface area contributed by atoms with E-state index in [9.17, 15) is 0 Å². The van der Waals surface area contributed by atoms with Crippen molar-refractivity contribution in [3.05, 3.63) is 24.2 Å². The van der Waals surface area contributed by atoms with E-state index in [4.69, 9.17) is 4.52 Å². The molecule has 0 aromatic carbocycles. The third kappa shape index (κ3) is 2.83. The number of likely N-dealkylation sites (N-methyl/N-ethyl adjacent to an activating group) is 1. The van der Waals surface area contributed by atoms with Crippen LogP contribution in [0.2, 0.25) is 0 Å². The number of nitrogens with zero attached hydrogens (tertiary/aromatic N) is 5. The molecular formula is C16H21N5O. The maximum Gasteiger partial charge on any atom is 0.230 e. The number of anilines is 1. The Morgan fingerprint density at radius 2 is 2.05 bits per heavy atom. The predicted molar refractivity (Wildman–Crippen MR) is 83.8 cm³/mol. The average Bonchev–Trinajstić information content (AvgIpc) is 3.32. The van der Waals surface area contributed by atoms with Gasteiger partial charge in [-0.2, -0.15) is 4.98 Å². The first-order chi connectivity index (χ1) is 10.8. The number of hydrogen-bond donors (Lipinski definition) is 0. The third-order valence-corrected chi connectivity index (χ3v) is 4.42. The second-order valence-corrected chi connectivity index (χ2v) is 6.28. The Morgan fingerprint density at radius 3 is 2.82 bits per heavy atom. The highest BCUT2D eigenvalue weighted by Crippen LogP contribution is 2.39. The van der Waals surface area contributed by atoms with Crippen molar-refractivity contribution in [2.75, 3.05) is 38.1 Å². The van der Waals surface area contributed by atoms with Crippen LogP contribution < -0.4 is 4.90 Å². The zero-order valence-corrected chi connectivity index (χ0v) is 12.9. The van der Waals surface area contributed by atoms with Gasteiger partial charge in [0.1, 0.15) is 5.82 Å². The van der Waals surface area contributed by atoms with E-state index in [1.54, 1.807) is 0 Å². The lowest BCUT2D eigenvalue weighted by Gasteiger charge is -2.21. The minimum absolute atomic E-state index is 0.488. The quantitative estimate of drug-likeness (QED) is 0.865. The van der Waals surface area contributed by atoms with E-state index >= 15 is 0 Å². The summed E-state index contributed by atoms with van der Waals surface area (Å²) in [6.45, 7) is 4.32. The van der Waals surface area contributed by atoms with Crippen LogP contribution in [0.15, 0.2) is 22.9 Å². The van der Waals surface area contributed by atoms with E-state index < -0.39 is 0 Å². The van der Waals surface area contributed by atoms with Gasteiger partial charge >= 0.3 is 0 Å². The van der Waals surface area contributed by atoms with Crippen molar-refractivity contribution in [1.29, 1.82) is 0 Å². The molecule has 1 saturated carbocycles. The molecule has 3 heterocycles. The van der Waals surface area contributed by atoms with Gasteiger partial charge in [0.05, 0.1) is 0 Å². The second kappa shape index (κ2) is 5.68. The number of hydrogen-bond acceptors (Lipinski definition) is 6. The zero-order chi connectivity index (χ0) is 14.9. The van der Waals surface area contributed by atoms with Gasteiger partial charge in [0, 0.05) is 37.3 Å². The van der Waals surface area contributed by atoms with Crippen molar-refractivity contribution in [2.45, 2.75) is 25.2 Å². The minimum Gasteiger partial charge on any atom is -0.355 e. The molecule has 4 rings (SSSR count). The van der Waals surface area contributed by atoms with E-state index in [-0.39, 0.29) is 0 Å². The van der Waals surface area contributed by atoms with E-state index in [0.29, 0.717) is 11.7 Å².